The number of para-hydroxylation sites is 1. The molecule has 2 rings (SSSR count). The van der Waals surface area contributed by atoms with Crippen molar-refractivity contribution < 1.29 is 18.7 Å². The molecular weight excluding hydrogens is 327 g/mol. The van der Waals surface area contributed by atoms with Gasteiger partial charge in [-0.3, -0.25) is 4.79 Å². The zero-order valence-electron chi connectivity index (χ0n) is 10.7. The smallest absolute Gasteiger partial charge is 0.172 e. The predicted octanol–water partition coefficient (Wildman–Crippen LogP) is 3.99. The number of halogens is 2. The number of rotatable bonds is 5. The molecule has 0 saturated carbocycles. The van der Waals surface area contributed by atoms with Crippen molar-refractivity contribution in [3.8, 4) is 11.5 Å². The molecule has 2 aromatic carbocycles. The molecule has 0 aromatic heterocycles. The molecule has 0 radical (unpaired) electrons. The average Bonchev–Trinajstić information content (AvgIpc) is 2.46. The first-order valence-corrected chi connectivity index (χ1v) is 6.64. The van der Waals surface area contributed by atoms with E-state index in [4.69, 9.17) is 9.47 Å². The lowest BCUT2D eigenvalue weighted by atomic mass is 10.2. The first-order chi connectivity index (χ1) is 9.65. The van der Waals surface area contributed by atoms with Crippen LogP contribution in [0.1, 0.15) is 15.9 Å². The summed E-state index contributed by atoms with van der Waals surface area (Å²) in [5.74, 6) is 0.376. The van der Waals surface area contributed by atoms with Crippen molar-refractivity contribution >= 4 is 22.2 Å². The second-order valence-corrected chi connectivity index (χ2v) is 4.94. The molecular formula is C15H12BrFO3. The molecule has 3 nitrogen and oxygen atoms in total. The van der Waals surface area contributed by atoms with Gasteiger partial charge >= 0.3 is 0 Å². The molecule has 0 aliphatic heterocycles. The summed E-state index contributed by atoms with van der Waals surface area (Å²) >= 11 is 3.19. The summed E-state index contributed by atoms with van der Waals surface area (Å²) in [5.41, 5.74) is 0.762. The van der Waals surface area contributed by atoms with Gasteiger partial charge in [0.25, 0.3) is 0 Å². The van der Waals surface area contributed by atoms with Crippen molar-refractivity contribution in [1.29, 1.82) is 0 Å². The van der Waals surface area contributed by atoms with Crippen molar-refractivity contribution in [2.45, 2.75) is 6.61 Å². The standard InChI is InChI=1S/C15H12BrFO3/c1-19-14-4-2-3-10(8-18)15(14)20-9-11-5-6-12(16)7-13(11)17/h2-8H,9H2,1H3. The summed E-state index contributed by atoms with van der Waals surface area (Å²) in [5, 5.41) is 0. The van der Waals surface area contributed by atoms with Crippen LogP contribution in [0.3, 0.4) is 0 Å². The van der Waals surface area contributed by atoms with E-state index in [0.717, 1.165) is 0 Å². The minimum absolute atomic E-state index is 0.0142. The number of hydrogen-bond acceptors (Lipinski definition) is 3. The topological polar surface area (TPSA) is 35.5 Å². The Morgan fingerprint density at radius 3 is 2.75 bits per heavy atom. The SMILES string of the molecule is COc1cccc(C=O)c1OCc1ccc(Br)cc1F. The zero-order chi connectivity index (χ0) is 14.5. The molecule has 0 atom stereocenters. The molecule has 104 valence electrons. The predicted molar refractivity (Wildman–Crippen MR) is 76.8 cm³/mol. The van der Waals surface area contributed by atoms with Crippen LogP contribution < -0.4 is 9.47 Å². The van der Waals surface area contributed by atoms with Crippen LogP contribution in [0.4, 0.5) is 4.39 Å². The molecule has 0 aliphatic carbocycles. The van der Waals surface area contributed by atoms with Crippen molar-refractivity contribution in [2.75, 3.05) is 7.11 Å². The third-order valence-corrected chi connectivity index (χ3v) is 3.24. The Hall–Kier alpha value is -1.88. The fraction of sp³-hybridized carbons (Fsp3) is 0.133. The maximum absolute atomic E-state index is 13.7. The van der Waals surface area contributed by atoms with Gasteiger partial charge < -0.3 is 9.47 Å². The molecule has 0 heterocycles. The van der Waals surface area contributed by atoms with Crippen LogP contribution in [0.25, 0.3) is 0 Å². The van der Waals surface area contributed by atoms with E-state index in [-0.39, 0.29) is 12.4 Å². The van der Waals surface area contributed by atoms with Gasteiger partial charge in [-0.1, -0.05) is 28.1 Å². The van der Waals surface area contributed by atoms with Crippen LogP contribution in [-0.2, 0) is 6.61 Å². The van der Waals surface area contributed by atoms with E-state index < -0.39 is 0 Å². The number of ether oxygens (including phenoxy) is 2. The minimum atomic E-state index is -0.373. The van der Waals surface area contributed by atoms with Crippen LogP contribution in [0, 0.1) is 5.82 Å². The third kappa shape index (κ3) is 3.17. The second kappa shape index (κ2) is 6.52. The summed E-state index contributed by atoms with van der Waals surface area (Å²) in [6.45, 7) is 0.0142. The number of methoxy groups -OCH3 is 1. The van der Waals surface area contributed by atoms with E-state index in [2.05, 4.69) is 15.9 Å². The van der Waals surface area contributed by atoms with E-state index >= 15 is 0 Å². The van der Waals surface area contributed by atoms with Gasteiger partial charge in [0, 0.05) is 10.0 Å². The van der Waals surface area contributed by atoms with Crippen molar-refractivity contribution in [3.05, 3.63) is 57.8 Å². The molecule has 0 fully saturated rings. The number of aldehydes is 1. The number of carbonyl (C=O) groups is 1. The molecule has 0 bridgehead atoms. The molecule has 20 heavy (non-hydrogen) atoms. The number of hydrogen-bond donors (Lipinski definition) is 0. The Bertz CT molecular complexity index is 629. The molecule has 0 unspecified atom stereocenters. The van der Waals surface area contributed by atoms with Crippen LogP contribution in [0.5, 0.6) is 11.5 Å². The highest BCUT2D eigenvalue weighted by Gasteiger charge is 2.11. The monoisotopic (exact) mass is 338 g/mol. The highest BCUT2D eigenvalue weighted by atomic mass is 79.9. The Balaban J connectivity index is 2.24. The molecule has 2 aromatic rings. The summed E-state index contributed by atoms with van der Waals surface area (Å²) in [6, 6.07) is 9.69. The van der Waals surface area contributed by atoms with Gasteiger partial charge in [-0.15, -0.1) is 0 Å². The van der Waals surface area contributed by atoms with Crippen LogP contribution in [0.15, 0.2) is 40.9 Å². The van der Waals surface area contributed by atoms with E-state index in [1.807, 2.05) is 0 Å². The maximum atomic E-state index is 13.7. The lowest BCUT2D eigenvalue weighted by molar-refractivity contribution is 0.111. The first kappa shape index (κ1) is 14.5. The second-order valence-electron chi connectivity index (χ2n) is 4.02. The van der Waals surface area contributed by atoms with Gasteiger partial charge in [0.05, 0.1) is 12.7 Å². The Labute approximate surface area is 124 Å². The van der Waals surface area contributed by atoms with E-state index in [9.17, 15) is 9.18 Å². The summed E-state index contributed by atoms with van der Waals surface area (Å²) in [6.07, 6.45) is 0.676. The highest BCUT2D eigenvalue weighted by Crippen LogP contribution is 2.31. The van der Waals surface area contributed by atoms with Crippen molar-refractivity contribution in [2.24, 2.45) is 0 Å². The van der Waals surface area contributed by atoms with Gasteiger partial charge in [0.2, 0.25) is 0 Å². The number of carbonyl (C=O) groups excluding carboxylic acids is 1. The third-order valence-electron chi connectivity index (χ3n) is 2.74. The van der Waals surface area contributed by atoms with Gasteiger partial charge in [-0.2, -0.15) is 0 Å². The average molecular weight is 339 g/mol. The van der Waals surface area contributed by atoms with Crippen LogP contribution >= 0.6 is 15.9 Å². The molecule has 0 saturated heterocycles. The van der Waals surface area contributed by atoms with Gasteiger partial charge in [-0.05, 0) is 24.3 Å². The fourth-order valence-corrected chi connectivity index (χ4v) is 2.06. The normalized spacial score (nSPS) is 10.2. The summed E-state index contributed by atoms with van der Waals surface area (Å²) in [7, 11) is 1.48. The Morgan fingerprint density at radius 1 is 1.30 bits per heavy atom. The van der Waals surface area contributed by atoms with Crippen LogP contribution in [0.2, 0.25) is 0 Å². The lowest BCUT2D eigenvalue weighted by Crippen LogP contribution is -2.02. The van der Waals surface area contributed by atoms with Crippen LogP contribution in [-0.4, -0.2) is 13.4 Å². The fourth-order valence-electron chi connectivity index (χ4n) is 1.73. The molecule has 0 N–H and O–H groups in total. The first-order valence-electron chi connectivity index (χ1n) is 5.84. The highest BCUT2D eigenvalue weighted by molar-refractivity contribution is 9.10. The largest absolute Gasteiger partial charge is 0.493 e. The quantitative estimate of drug-likeness (QED) is 0.773. The molecule has 5 heteroatoms. The van der Waals surface area contributed by atoms with Crippen molar-refractivity contribution in [1.82, 2.24) is 0 Å². The van der Waals surface area contributed by atoms with Crippen molar-refractivity contribution in [3.63, 3.8) is 0 Å². The van der Waals surface area contributed by atoms with E-state index in [0.29, 0.717) is 33.4 Å². The van der Waals surface area contributed by atoms with Gasteiger partial charge in [0.15, 0.2) is 17.8 Å². The zero-order valence-corrected chi connectivity index (χ0v) is 12.3. The van der Waals surface area contributed by atoms with Gasteiger partial charge in [0.1, 0.15) is 12.4 Å². The van der Waals surface area contributed by atoms with E-state index in [1.54, 1.807) is 30.3 Å². The molecule has 0 amide bonds. The minimum Gasteiger partial charge on any atom is -0.493 e. The Kier molecular flexibility index (Phi) is 4.74. The Morgan fingerprint density at radius 2 is 2.10 bits per heavy atom. The van der Waals surface area contributed by atoms with Gasteiger partial charge in [-0.25, -0.2) is 4.39 Å². The molecule has 0 aliphatic rings. The maximum Gasteiger partial charge on any atom is 0.172 e. The lowest BCUT2D eigenvalue weighted by Gasteiger charge is -2.13. The number of benzene rings is 2. The summed E-state index contributed by atoms with van der Waals surface area (Å²) in [4.78, 5) is 11.0. The van der Waals surface area contributed by atoms with E-state index in [1.165, 1.54) is 13.2 Å². The summed E-state index contributed by atoms with van der Waals surface area (Å²) < 4.78 is 25.1. The molecule has 0 spiro atoms.